The zero-order chi connectivity index (χ0) is 42.8. The first-order chi connectivity index (χ1) is 27.1. The zero-order valence-corrected chi connectivity index (χ0v) is 34.3. The van der Waals surface area contributed by atoms with Gasteiger partial charge >= 0.3 is 24.3 Å². The number of alkyl halides is 6. The highest BCUT2D eigenvalue weighted by atomic mass is 35.5. The predicted octanol–water partition coefficient (Wildman–Crippen LogP) is 13.3. The topological polar surface area (TPSA) is 52.6 Å². The van der Waals surface area contributed by atoms with Crippen LogP contribution in [-0.4, -0.2) is 24.3 Å². The zero-order valence-electron chi connectivity index (χ0n) is 32.8. The molecule has 2 aliphatic rings. The largest absolute Gasteiger partial charge is 0.461 e. The van der Waals surface area contributed by atoms with Crippen molar-refractivity contribution in [3.63, 3.8) is 0 Å². The van der Waals surface area contributed by atoms with Crippen molar-refractivity contribution < 1.29 is 45.4 Å². The Bertz CT molecular complexity index is 2020. The van der Waals surface area contributed by atoms with E-state index < -0.39 is 68.9 Å². The lowest BCUT2D eigenvalue weighted by Gasteiger charge is -2.12. The van der Waals surface area contributed by atoms with Crippen LogP contribution in [0.4, 0.5) is 26.3 Å². The van der Waals surface area contributed by atoms with Gasteiger partial charge in [0, 0.05) is 0 Å². The lowest BCUT2D eigenvalue weighted by Crippen LogP contribution is -2.11. The minimum Gasteiger partial charge on any atom is -0.461 e. The maximum Gasteiger partial charge on any atom is 0.426 e. The lowest BCUT2D eigenvalue weighted by atomic mass is 9.97. The van der Waals surface area contributed by atoms with E-state index in [1.165, 1.54) is 0 Å². The van der Waals surface area contributed by atoms with Crippen LogP contribution in [0.1, 0.15) is 49.9 Å². The van der Waals surface area contributed by atoms with Gasteiger partial charge in [-0.05, 0) is 81.0 Å². The van der Waals surface area contributed by atoms with Crippen LogP contribution in [-0.2, 0) is 32.3 Å². The van der Waals surface area contributed by atoms with Crippen LogP contribution in [0, 0.1) is 48.3 Å². The number of allylic oxidation sites excluding steroid dienone is 4. The Hall–Kier alpha value is -4.54. The van der Waals surface area contributed by atoms with Gasteiger partial charge in [0.2, 0.25) is 0 Å². The van der Waals surface area contributed by atoms with Gasteiger partial charge in [-0.3, -0.25) is 9.59 Å². The standard InChI is InChI=1S/2C23H22ClF3O2/c2*1-14-16(10-7-11-17(14)15-8-5-4-6-9-15)13-29-21(28)20-18(22(20,2)3)12-19(24)23(25,26)27/h2*4-12,18,20H,13H2,1-3H3/b2*19-12-/t2*18-,20-/m10/s1. The lowest BCUT2D eigenvalue weighted by molar-refractivity contribution is -0.148. The van der Waals surface area contributed by atoms with Gasteiger partial charge in [-0.1, -0.05) is 160 Å². The molecule has 308 valence electrons. The number of hydrogen-bond donors (Lipinski definition) is 0. The number of rotatable bonds is 10. The van der Waals surface area contributed by atoms with Gasteiger partial charge in [-0.25, -0.2) is 0 Å². The third-order valence-electron chi connectivity index (χ3n) is 11.3. The molecule has 4 aromatic carbocycles. The Labute approximate surface area is 344 Å². The molecule has 0 saturated heterocycles. The molecule has 6 rings (SSSR count). The molecule has 0 aromatic heterocycles. The number of halogens is 8. The molecule has 0 unspecified atom stereocenters. The molecule has 0 bridgehead atoms. The second-order valence-electron chi connectivity index (χ2n) is 15.8. The van der Waals surface area contributed by atoms with Crippen molar-refractivity contribution in [2.75, 3.05) is 0 Å². The van der Waals surface area contributed by atoms with Gasteiger partial charge in [0.25, 0.3) is 0 Å². The van der Waals surface area contributed by atoms with Gasteiger partial charge in [0.1, 0.15) is 23.3 Å². The smallest absolute Gasteiger partial charge is 0.426 e. The molecule has 0 spiro atoms. The average Bonchev–Trinajstić information content (AvgIpc) is 3.94. The molecule has 4 atom stereocenters. The van der Waals surface area contributed by atoms with Crippen molar-refractivity contribution in [3.05, 3.63) is 142 Å². The number of carbonyl (C=O) groups excluding carboxylic acids is 2. The number of benzene rings is 4. The van der Waals surface area contributed by atoms with Crippen LogP contribution >= 0.6 is 23.2 Å². The van der Waals surface area contributed by atoms with Crippen LogP contribution in [0.2, 0.25) is 0 Å². The summed E-state index contributed by atoms with van der Waals surface area (Å²) in [5.41, 5.74) is 6.69. The molecule has 4 aromatic rings. The van der Waals surface area contributed by atoms with Crippen molar-refractivity contribution in [3.8, 4) is 22.3 Å². The van der Waals surface area contributed by atoms with Crippen molar-refractivity contribution in [2.24, 2.45) is 34.5 Å². The van der Waals surface area contributed by atoms with Crippen molar-refractivity contribution >= 4 is 35.1 Å². The average molecular weight is 846 g/mol. The highest BCUT2D eigenvalue weighted by Crippen LogP contribution is 2.61. The first kappa shape index (κ1) is 44.6. The van der Waals surface area contributed by atoms with Gasteiger partial charge in [-0.2, -0.15) is 26.3 Å². The van der Waals surface area contributed by atoms with Gasteiger partial charge in [0.05, 0.1) is 11.8 Å². The third kappa shape index (κ3) is 10.2. The van der Waals surface area contributed by atoms with E-state index in [-0.39, 0.29) is 13.2 Å². The predicted molar refractivity (Wildman–Crippen MR) is 214 cm³/mol. The van der Waals surface area contributed by atoms with Crippen LogP contribution < -0.4 is 0 Å². The van der Waals surface area contributed by atoms with Crippen molar-refractivity contribution in [1.29, 1.82) is 0 Å². The second-order valence-corrected chi connectivity index (χ2v) is 16.6. The highest BCUT2D eigenvalue weighted by molar-refractivity contribution is 6.30. The number of ether oxygens (including phenoxy) is 2. The van der Waals surface area contributed by atoms with Crippen LogP contribution in [0.25, 0.3) is 22.3 Å². The molecule has 4 nitrogen and oxygen atoms in total. The summed E-state index contributed by atoms with van der Waals surface area (Å²) in [5, 5.41) is -2.39. The van der Waals surface area contributed by atoms with Gasteiger partial charge in [-0.15, -0.1) is 0 Å². The fourth-order valence-corrected chi connectivity index (χ4v) is 7.67. The van der Waals surface area contributed by atoms with E-state index in [1.54, 1.807) is 27.7 Å². The summed E-state index contributed by atoms with van der Waals surface area (Å²) < 4.78 is 87.1. The van der Waals surface area contributed by atoms with E-state index in [1.807, 2.05) is 111 Å². The molecule has 0 aliphatic heterocycles. The molecule has 12 heteroatoms. The van der Waals surface area contributed by atoms with Crippen molar-refractivity contribution in [1.82, 2.24) is 0 Å². The van der Waals surface area contributed by atoms with E-state index in [9.17, 15) is 35.9 Å². The molecule has 2 saturated carbocycles. The van der Waals surface area contributed by atoms with E-state index >= 15 is 0 Å². The van der Waals surface area contributed by atoms with E-state index in [0.29, 0.717) is 0 Å². The number of hydrogen-bond acceptors (Lipinski definition) is 4. The van der Waals surface area contributed by atoms with Crippen LogP contribution in [0.15, 0.2) is 119 Å². The maximum absolute atomic E-state index is 12.7. The minimum absolute atomic E-state index is 0.0708. The first-order valence-electron chi connectivity index (χ1n) is 18.6. The number of esters is 2. The summed E-state index contributed by atoms with van der Waals surface area (Å²) in [5.74, 6) is -3.49. The van der Waals surface area contributed by atoms with E-state index in [4.69, 9.17) is 32.7 Å². The Morgan fingerprint density at radius 2 is 0.897 bits per heavy atom. The molecular formula is C46H44Cl2F6O4. The SMILES string of the molecule is Cc1c(COC(=O)[C@@H]2[C@H](/C=C(\Cl)C(F)(F)F)C2(C)C)cccc1-c1ccccc1.Cc1c(COC(=O)[C@H]2[C@@H](/C=C(\Cl)C(F)(F)F)C2(C)C)cccc1-c1ccccc1. The van der Waals surface area contributed by atoms with Crippen molar-refractivity contribution in [2.45, 2.75) is 67.1 Å². The maximum atomic E-state index is 12.7. The van der Waals surface area contributed by atoms with Gasteiger partial charge < -0.3 is 9.47 Å². The molecule has 2 fully saturated rings. The molecule has 0 heterocycles. The molecule has 0 radical (unpaired) electrons. The van der Waals surface area contributed by atoms with E-state index in [2.05, 4.69) is 0 Å². The Morgan fingerprint density at radius 3 is 1.21 bits per heavy atom. The first-order valence-corrected chi connectivity index (χ1v) is 19.3. The van der Waals surface area contributed by atoms with Crippen LogP contribution in [0.5, 0.6) is 0 Å². The quantitative estimate of drug-likeness (QED) is 0.118. The summed E-state index contributed by atoms with van der Waals surface area (Å²) in [4.78, 5) is 25.1. The highest BCUT2D eigenvalue weighted by Gasteiger charge is 2.63. The molecular weight excluding hydrogens is 801 g/mol. The fraction of sp³-hybridized carbons (Fsp3) is 0.348. The Kier molecular flexibility index (Phi) is 13.3. The molecule has 58 heavy (non-hydrogen) atoms. The van der Waals surface area contributed by atoms with Crippen LogP contribution in [0.3, 0.4) is 0 Å². The summed E-state index contributed by atoms with van der Waals surface area (Å²) in [6.45, 7) is 11.0. The summed E-state index contributed by atoms with van der Waals surface area (Å²) in [7, 11) is 0. The summed E-state index contributed by atoms with van der Waals surface area (Å²) in [6, 6.07) is 31.3. The van der Waals surface area contributed by atoms with E-state index in [0.717, 1.165) is 56.7 Å². The monoisotopic (exact) mass is 844 g/mol. The molecule has 0 amide bonds. The Morgan fingerprint density at radius 1 is 0.569 bits per heavy atom. The van der Waals surface area contributed by atoms with Gasteiger partial charge in [0.15, 0.2) is 0 Å². The summed E-state index contributed by atoms with van der Waals surface area (Å²) in [6.07, 6.45) is -7.36. The Balaban J connectivity index is 0.000000221. The summed E-state index contributed by atoms with van der Waals surface area (Å²) >= 11 is 10.7. The number of carbonyl (C=O) groups is 2. The normalized spacial score (nSPS) is 21.0. The minimum atomic E-state index is -4.61. The molecule has 2 aliphatic carbocycles. The fourth-order valence-electron chi connectivity index (χ4n) is 7.40. The third-order valence-corrected chi connectivity index (χ3v) is 12.0. The molecule has 0 N–H and O–H groups in total. The second kappa shape index (κ2) is 17.4.